The second kappa shape index (κ2) is 9.20. The van der Waals surface area contributed by atoms with E-state index in [4.69, 9.17) is 31.3 Å². The van der Waals surface area contributed by atoms with E-state index >= 15 is 0 Å². The molecule has 2 N–H and O–H groups in total. The molecule has 2 aliphatic heterocycles. The van der Waals surface area contributed by atoms with Gasteiger partial charge in [-0.05, 0) is 43.6 Å². The molecule has 2 aliphatic rings. The molecule has 0 atom stereocenters. The summed E-state index contributed by atoms with van der Waals surface area (Å²) in [6.07, 6.45) is 5.32. The van der Waals surface area contributed by atoms with Gasteiger partial charge in [-0.15, -0.1) is 0 Å². The number of anilines is 3. The van der Waals surface area contributed by atoms with Gasteiger partial charge in [0.1, 0.15) is 17.4 Å². The minimum Gasteiger partial charge on any atom is -0.467 e. The lowest BCUT2D eigenvalue weighted by Crippen LogP contribution is -2.38. The van der Waals surface area contributed by atoms with E-state index in [1.54, 1.807) is 6.26 Å². The Hall–Kier alpha value is -2.39. The van der Waals surface area contributed by atoms with Gasteiger partial charge in [-0.3, -0.25) is 0 Å². The molecule has 4 heterocycles. The molecule has 8 nitrogen and oxygen atoms in total. The summed E-state index contributed by atoms with van der Waals surface area (Å²) in [6, 6.07) is 5.84. The average molecular weight is 403 g/mol. The predicted molar refractivity (Wildman–Crippen MR) is 113 cm³/mol. The molecule has 0 saturated carbocycles. The van der Waals surface area contributed by atoms with Crippen molar-refractivity contribution in [2.75, 3.05) is 54.5 Å². The lowest BCUT2D eigenvalue weighted by molar-refractivity contribution is 0.122. The van der Waals surface area contributed by atoms with Crippen LogP contribution in [0.2, 0.25) is 0 Å². The van der Waals surface area contributed by atoms with E-state index in [0.29, 0.717) is 17.6 Å². The first-order valence-corrected chi connectivity index (χ1v) is 10.2. The van der Waals surface area contributed by atoms with Crippen LogP contribution in [-0.2, 0) is 11.3 Å². The first kappa shape index (κ1) is 18.9. The summed E-state index contributed by atoms with van der Waals surface area (Å²) in [5.74, 6) is 3.20. The van der Waals surface area contributed by atoms with Crippen molar-refractivity contribution in [1.82, 2.24) is 15.3 Å². The second-order valence-corrected chi connectivity index (χ2v) is 7.35. The smallest absolute Gasteiger partial charge is 0.232 e. The Bertz CT molecular complexity index is 736. The summed E-state index contributed by atoms with van der Waals surface area (Å²) in [5.41, 5.74) is 0. The number of thiocarbonyl (C=S) groups is 1. The van der Waals surface area contributed by atoms with Gasteiger partial charge in [-0.25, -0.2) is 0 Å². The van der Waals surface area contributed by atoms with Gasteiger partial charge in [0.2, 0.25) is 5.95 Å². The molecule has 4 rings (SSSR count). The van der Waals surface area contributed by atoms with Gasteiger partial charge < -0.3 is 29.6 Å². The predicted octanol–water partition coefficient (Wildman–Crippen LogP) is 2.38. The maximum atomic E-state index is 5.48. The van der Waals surface area contributed by atoms with Crippen LogP contribution in [0.5, 0.6) is 0 Å². The highest BCUT2D eigenvalue weighted by Gasteiger charge is 2.19. The number of piperidine rings is 1. The lowest BCUT2D eigenvalue weighted by atomic mass is 10.1. The molecule has 0 unspecified atom stereocenters. The van der Waals surface area contributed by atoms with Crippen LogP contribution in [0.25, 0.3) is 0 Å². The Kier molecular flexibility index (Phi) is 6.23. The summed E-state index contributed by atoms with van der Waals surface area (Å²) in [4.78, 5) is 14.0. The van der Waals surface area contributed by atoms with E-state index in [2.05, 4.69) is 26.5 Å². The first-order chi connectivity index (χ1) is 13.8. The molecule has 2 saturated heterocycles. The van der Waals surface area contributed by atoms with E-state index < -0.39 is 0 Å². The quantitative estimate of drug-likeness (QED) is 0.733. The van der Waals surface area contributed by atoms with E-state index in [9.17, 15) is 0 Å². The van der Waals surface area contributed by atoms with Crippen molar-refractivity contribution in [2.24, 2.45) is 0 Å². The Labute approximate surface area is 170 Å². The highest BCUT2D eigenvalue weighted by atomic mass is 32.1. The SMILES string of the molecule is S=C(NCc1ccco1)Nc1nc(N2CCCCC2)cc(N2CCOCC2)n1. The second-order valence-electron chi connectivity index (χ2n) is 6.94. The molecule has 0 radical (unpaired) electrons. The minimum absolute atomic E-state index is 0.472. The zero-order valence-corrected chi connectivity index (χ0v) is 16.7. The van der Waals surface area contributed by atoms with Crippen LogP contribution in [0.1, 0.15) is 25.0 Å². The summed E-state index contributed by atoms with van der Waals surface area (Å²) in [6.45, 7) is 5.67. The molecule has 28 heavy (non-hydrogen) atoms. The van der Waals surface area contributed by atoms with E-state index in [1.165, 1.54) is 19.3 Å². The number of ether oxygens (including phenoxy) is 1. The molecule has 0 bridgehead atoms. The molecule has 0 aliphatic carbocycles. The number of furan rings is 1. The molecule has 9 heteroatoms. The lowest BCUT2D eigenvalue weighted by Gasteiger charge is -2.31. The number of nitrogens with zero attached hydrogens (tertiary/aromatic N) is 4. The fourth-order valence-electron chi connectivity index (χ4n) is 3.44. The Morgan fingerprint density at radius 3 is 2.43 bits per heavy atom. The van der Waals surface area contributed by atoms with Crippen LogP contribution in [0.15, 0.2) is 28.9 Å². The van der Waals surface area contributed by atoms with Crippen LogP contribution in [0.3, 0.4) is 0 Å². The van der Waals surface area contributed by atoms with Crippen molar-refractivity contribution in [3.8, 4) is 0 Å². The van der Waals surface area contributed by atoms with Crippen molar-refractivity contribution < 1.29 is 9.15 Å². The zero-order valence-electron chi connectivity index (χ0n) is 15.9. The highest BCUT2D eigenvalue weighted by molar-refractivity contribution is 7.80. The Balaban J connectivity index is 1.49. The van der Waals surface area contributed by atoms with Crippen LogP contribution < -0.4 is 20.4 Å². The molecule has 2 fully saturated rings. The van der Waals surface area contributed by atoms with Crippen molar-refractivity contribution in [3.05, 3.63) is 30.2 Å². The van der Waals surface area contributed by atoms with Crippen LogP contribution >= 0.6 is 12.2 Å². The van der Waals surface area contributed by atoms with E-state index in [-0.39, 0.29) is 0 Å². The maximum absolute atomic E-state index is 5.48. The monoisotopic (exact) mass is 402 g/mol. The number of morpholine rings is 1. The Morgan fingerprint density at radius 1 is 1.04 bits per heavy atom. The summed E-state index contributed by atoms with van der Waals surface area (Å²) < 4.78 is 10.8. The number of aromatic nitrogens is 2. The first-order valence-electron chi connectivity index (χ1n) is 9.82. The molecule has 2 aromatic rings. The summed E-state index contributed by atoms with van der Waals surface area (Å²) in [5, 5.41) is 6.74. The van der Waals surface area contributed by atoms with Gasteiger partial charge in [0.15, 0.2) is 5.11 Å². The molecule has 0 aromatic carbocycles. The number of rotatable bonds is 5. The zero-order chi connectivity index (χ0) is 19.2. The third kappa shape index (κ3) is 4.90. The Morgan fingerprint density at radius 2 is 1.75 bits per heavy atom. The fraction of sp³-hybridized carbons (Fsp3) is 0.526. The third-order valence-corrected chi connectivity index (χ3v) is 5.19. The van der Waals surface area contributed by atoms with Gasteiger partial charge in [-0.2, -0.15) is 9.97 Å². The van der Waals surface area contributed by atoms with E-state index in [0.717, 1.165) is 56.8 Å². The number of hydrogen-bond donors (Lipinski definition) is 2. The standard InChI is InChI=1S/C19H26N6O2S/c28-19(20-14-15-5-4-10-27-15)23-18-21-16(24-6-2-1-3-7-24)13-17(22-18)25-8-11-26-12-9-25/h4-5,10,13H,1-3,6-9,11-12,14H2,(H2,20,21,22,23,28). The van der Waals surface area contributed by atoms with Crippen LogP contribution in [-0.4, -0.2) is 54.5 Å². The molecule has 0 spiro atoms. The number of hydrogen-bond acceptors (Lipinski definition) is 7. The van der Waals surface area contributed by atoms with Gasteiger partial charge >= 0.3 is 0 Å². The third-order valence-electron chi connectivity index (χ3n) is 4.94. The topological polar surface area (TPSA) is 78.7 Å². The van der Waals surface area contributed by atoms with Gasteiger partial charge in [0.25, 0.3) is 0 Å². The molecule has 150 valence electrons. The van der Waals surface area contributed by atoms with Crippen molar-refractivity contribution >= 4 is 34.9 Å². The minimum atomic E-state index is 0.472. The van der Waals surface area contributed by atoms with Crippen molar-refractivity contribution in [2.45, 2.75) is 25.8 Å². The normalized spacial score (nSPS) is 17.4. The van der Waals surface area contributed by atoms with Crippen LogP contribution in [0.4, 0.5) is 17.6 Å². The van der Waals surface area contributed by atoms with Crippen molar-refractivity contribution in [1.29, 1.82) is 0 Å². The van der Waals surface area contributed by atoms with Gasteiger partial charge in [0.05, 0.1) is 26.0 Å². The molecule has 0 amide bonds. The van der Waals surface area contributed by atoms with Gasteiger partial charge in [-0.1, -0.05) is 0 Å². The number of nitrogens with one attached hydrogen (secondary N) is 2. The fourth-order valence-corrected chi connectivity index (χ4v) is 3.61. The molecular weight excluding hydrogens is 376 g/mol. The van der Waals surface area contributed by atoms with E-state index in [1.807, 2.05) is 12.1 Å². The maximum Gasteiger partial charge on any atom is 0.232 e. The average Bonchev–Trinajstić information content (AvgIpc) is 3.27. The van der Waals surface area contributed by atoms with Crippen LogP contribution in [0, 0.1) is 0 Å². The summed E-state index contributed by atoms with van der Waals surface area (Å²) >= 11 is 5.42. The summed E-state index contributed by atoms with van der Waals surface area (Å²) in [7, 11) is 0. The molecular formula is C19H26N6O2S. The largest absolute Gasteiger partial charge is 0.467 e. The van der Waals surface area contributed by atoms with Crippen molar-refractivity contribution in [3.63, 3.8) is 0 Å². The highest BCUT2D eigenvalue weighted by Crippen LogP contribution is 2.24. The van der Waals surface area contributed by atoms with Gasteiger partial charge in [0, 0.05) is 32.2 Å². The molecule has 2 aromatic heterocycles.